The molecule has 3 N–H and O–H groups in total. The van der Waals surface area contributed by atoms with Crippen LogP contribution in [0.5, 0.6) is 5.75 Å². The molecule has 7 nitrogen and oxygen atoms in total. The second kappa shape index (κ2) is 7.31. The maximum atomic E-state index is 10.7. The van der Waals surface area contributed by atoms with Gasteiger partial charge in [-0.2, -0.15) is 0 Å². The number of rotatable bonds is 6. The monoisotopic (exact) mass is 339 g/mol. The third-order valence-corrected chi connectivity index (χ3v) is 4.04. The van der Waals surface area contributed by atoms with E-state index in [0.717, 1.165) is 17.7 Å². The molecule has 0 aliphatic rings. The van der Waals surface area contributed by atoms with Gasteiger partial charge >= 0.3 is 0 Å². The lowest BCUT2D eigenvalue weighted by Crippen LogP contribution is -2.15. The van der Waals surface area contributed by atoms with Gasteiger partial charge in [0.15, 0.2) is 0 Å². The standard InChI is InChI=1S/C18H21N5O2/c1-3-19-18-21-10-14(11-22-18)17-20-8-9-23(17)12(2)16(25)13-4-6-15(24)7-5-13/h4-12,16,24-25H,3H2,1-2H3,(H,19,21,22)/t12-,16-/m0/s1. The van der Waals surface area contributed by atoms with E-state index in [0.29, 0.717) is 11.8 Å². The summed E-state index contributed by atoms with van der Waals surface area (Å²) >= 11 is 0. The number of nitrogens with zero attached hydrogens (tertiary/aromatic N) is 4. The molecule has 25 heavy (non-hydrogen) atoms. The predicted molar refractivity (Wildman–Crippen MR) is 95.2 cm³/mol. The van der Waals surface area contributed by atoms with Gasteiger partial charge in [0, 0.05) is 31.3 Å². The fraction of sp³-hybridized carbons (Fsp3) is 0.278. The first-order valence-corrected chi connectivity index (χ1v) is 8.16. The second-order valence-electron chi connectivity index (χ2n) is 5.76. The molecule has 1 aromatic carbocycles. The fourth-order valence-corrected chi connectivity index (χ4v) is 2.66. The number of aliphatic hydroxyl groups is 1. The van der Waals surface area contributed by atoms with Crippen LogP contribution in [0.3, 0.4) is 0 Å². The van der Waals surface area contributed by atoms with Crippen molar-refractivity contribution in [2.45, 2.75) is 26.0 Å². The molecule has 3 aromatic rings. The van der Waals surface area contributed by atoms with Crippen molar-refractivity contribution in [1.82, 2.24) is 19.5 Å². The van der Waals surface area contributed by atoms with Crippen LogP contribution in [0.4, 0.5) is 5.95 Å². The molecule has 0 bridgehead atoms. The molecule has 0 saturated carbocycles. The highest BCUT2D eigenvalue weighted by molar-refractivity contribution is 5.54. The van der Waals surface area contributed by atoms with Crippen molar-refractivity contribution < 1.29 is 10.2 Å². The van der Waals surface area contributed by atoms with Crippen LogP contribution in [0.15, 0.2) is 49.1 Å². The zero-order chi connectivity index (χ0) is 17.8. The number of phenolic OH excluding ortho intramolecular Hbond substituents is 1. The average molecular weight is 339 g/mol. The Balaban J connectivity index is 1.86. The molecule has 3 rings (SSSR count). The minimum Gasteiger partial charge on any atom is -0.508 e. The van der Waals surface area contributed by atoms with Gasteiger partial charge in [-0.25, -0.2) is 15.0 Å². The van der Waals surface area contributed by atoms with Crippen molar-refractivity contribution in [1.29, 1.82) is 0 Å². The molecule has 2 aromatic heterocycles. The van der Waals surface area contributed by atoms with E-state index in [1.54, 1.807) is 42.9 Å². The Morgan fingerprint density at radius 1 is 1.12 bits per heavy atom. The third-order valence-electron chi connectivity index (χ3n) is 4.04. The van der Waals surface area contributed by atoms with Crippen molar-refractivity contribution >= 4 is 5.95 Å². The Kier molecular flexibility index (Phi) is 4.95. The van der Waals surface area contributed by atoms with Gasteiger partial charge in [-0.15, -0.1) is 0 Å². The van der Waals surface area contributed by atoms with Crippen molar-refractivity contribution in [3.63, 3.8) is 0 Å². The van der Waals surface area contributed by atoms with Crippen LogP contribution < -0.4 is 5.32 Å². The maximum Gasteiger partial charge on any atom is 0.222 e. The molecular formula is C18H21N5O2. The number of phenols is 1. The Morgan fingerprint density at radius 2 is 1.80 bits per heavy atom. The van der Waals surface area contributed by atoms with Crippen LogP contribution in [0, 0.1) is 0 Å². The van der Waals surface area contributed by atoms with Gasteiger partial charge in [-0.1, -0.05) is 12.1 Å². The van der Waals surface area contributed by atoms with Crippen LogP contribution in [0.1, 0.15) is 31.6 Å². The molecule has 0 radical (unpaired) electrons. The van der Waals surface area contributed by atoms with E-state index in [2.05, 4.69) is 20.3 Å². The summed E-state index contributed by atoms with van der Waals surface area (Å²) in [5.41, 5.74) is 1.50. The van der Waals surface area contributed by atoms with Crippen molar-refractivity contribution in [2.75, 3.05) is 11.9 Å². The highest BCUT2D eigenvalue weighted by atomic mass is 16.3. The molecule has 2 atom stereocenters. The first-order valence-electron chi connectivity index (χ1n) is 8.16. The first kappa shape index (κ1) is 16.9. The second-order valence-corrected chi connectivity index (χ2v) is 5.76. The Bertz CT molecular complexity index is 814. The molecule has 0 spiro atoms. The summed E-state index contributed by atoms with van der Waals surface area (Å²) in [5, 5.41) is 23.1. The minimum absolute atomic E-state index is 0.171. The fourth-order valence-electron chi connectivity index (χ4n) is 2.66. The van der Waals surface area contributed by atoms with Gasteiger partial charge < -0.3 is 20.1 Å². The topological polar surface area (TPSA) is 96.1 Å². The molecule has 0 amide bonds. The molecule has 0 aliphatic carbocycles. The summed E-state index contributed by atoms with van der Waals surface area (Å²) < 4.78 is 1.89. The van der Waals surface area contributed by atoms with Crippen LogP contribution in [0.25, 0.3) is 11.4 Å². The number of hydrogen-bond donors (Lipinski definition) is 3. The lowest BCUT2D eigenvalue weighted by atomic mass is 10.0. The highest BCUT2D eigenvalue weighted by Gasteiger charge is 2.21. The van der Waals surface area contributed by atoms with E-state index in [9.17, 15) is 10.2 Å². The van der Waals surface area contributed by atoms with Crippen LogP contribution in [-0.2, 0) is 0 Å². The summed E-state index contributed by atoms with van der Waals surface area (Å²) in [6.07, 6.45) is 6.19. The lowest BCUT2D eigenvalue weighted by Gasteiger charge is -2.22. The number of hydrogen-bond acceptors (Lipinski definition) is 6. The highest BCUT2D eigenvalue weighted by Crippen LogP contribution is 2.30. The smallest absolute Gasteiger partial charge is 0.222 e. The Labute approximate surface area is 146 Å². The van der Waals surface area contributed by atoms with Crippen molar-refractivity contribution in [3.8, 4) is 17.1 Å². The van der Waals surface area contributed by atoms with Gasteiger partial charge in [0.2, 0.25) is 5.95 Å². The number of aromatic nitrogens is 4. The average Bonchev–Trinajstić information content (AvgIpc) is 3.12. The van der Waals surface area contributed by atoms with Gasteiger partial charge in [-0.05, 0) is 31.5 Å². The van der Waals surface area contributed by atoms with Gasteiger partial charge in [0.05, 0.1) is 17.7 Å². The van der Waals surface area contributed by atoms with Crippen molar-refractivity contribution in [3.05, 3.63) is 54.6 Å². The van der Waals surface area contributed by atoms with Gasteiger partial charge in [-0.3, -0.25) is 0 Å². The third kappa shape index (κ3) is 3.61. The zero-order valence-electron chi connectivity index (χ0n) is 14.2. The normalized spacial score (nSPS) is 13.4. The number of aromatic hydroxyl groups is 1. The number of imidazole rings is 1. The summed E-state index contributed by atoms with van der Waals surface area (Å²) in [6.45, 7) is 4.65. The molecule has 0 aliphatic heterocycles. The summed E-state index contributed by atoms with van der Waals surface area (Å²) in [7, 11) is 0. The largest absolute Gasteiger partial charge is 0.508 e. The SMILES string of the molecule is CCNc1ncc(-c2nccn2[C@@H](C)[C@H](O)c2ccc(O)cc2)cn1. The molecule has 130 valence electrons. The van der Waals surface area contributed by atoms with E-state index in [1.165, 1.54) is 0 Å². The van der Waals surface area contributed by atoms with E-state index < -0.39 is 6.10 Å². The minimum atomic E-state index is -0.740. The Hall–Kier alpha value is -2.93. The molecule has 0 unspecified atom stereocenters. The number of aliphatic hydroxyl groups excluding tert-OH is 1. The van der Waals surface area contributed by atoms with Crippen LogP contribution in [-0.4, -0.2) is 36.3 Å². The van der Waals surface area contributed by atoms with Gasteiger partial charge in [0.25, 0.3) is 0 Å². The molecule has 0 saturated heterocycles. The number of anilines is 1. The predicted octanol–water partition coefficient (Wildman–Crippen LogP) is 2.77. The lowest BCUT2D eigenvalue weighted by molar-refractivity contribution is 0.122. The molecule has 0 fully saturated rings. The van der Waals surface area contributed by atoms with E-state index >= 15 is 0 Å². The summed E-state index contributed by atoms with van der Waals surface area (Å²) in [6, 6.07) is 6.29. The van der Waals surface area contributed by atoms with Crippen LogP contribution in [0.2, 0.25) is 0 Å². The van der Waals surface area contributed by atoms with E-state index in [4.69, 9.17) is 0 Å². The Morgan fingerprint density at radius 3 is 2.44 bits per heavy atom. The number of benzene rings is 1. The van der Waals surface area contributed by atoms with Crippen LogP contribution >= 0.6 is 0 Å². The van der Waals surface area contributed by atoms with E-state index in [1.807, 2.05) is 24.6 Å². The van der Waals surface area contributed by atoms with Gasteiger partial charge in [0.1, 0.15) is 11.6 Å². The molecule has 7 heteroatoms. The quantitative estimate of drug-likeness (QED) is 0.639. The van der Waals surface area contributed by atoms with E-state index in [-0.39, 0.29) is 11.8 Å². The summed E-state index contributed by atoms with van der Waals surface area (Å²) in [4.78, 5) is 12.9. The maximum absolute atomic E-state index is 10.7. The number of nitrogens with one attached hydrogen (secondary N) is 1. The van der Waals surface area contributed by atoms with Crippen molar-refractivity contribution in [2.24, 2.45) is 0 Å². The first-order chi connectivity index (χ1) is 12.1. The zero-order valence-corrected chi connectivity index (χ0v) is 14.2. The molecular weight excluding hydrogens is 318 g/mol. The molecule has 2 heterocycles. The summed E-state index contributed by atoms with van der Waals surface area (Å²) in [5.74, 6) is 1.43.